The molecule has 31 heavy (non-hydrogen) atoms. The maximum absolute atomic E-state index is 11.7. The van der Waals surface area contributed by atoms with Gasteiger partial charge in [-0.3, -0.25) is 25.0 Å². The van der Waals surface area contributed by atoms with Crippen LogP contribution in [0.1, 0.15) is 16.6 Å². The minimum absolute atomic E-state index is 0.0381. The molecule has 6 aromatic rings. The average Bonchev–Trinajstić information content (AvgIpc) is 3.58. The van der Waals surface area contributed by atoms with Crippen molar-refractivity contribution in [1.82, 2.24) is 40.3 Å². The van der Waals surface area contributed by atoms with Crippen molar-refractivity contribution in [2.45, 2.75) is 6.92 Å². The quantitative estimate of drug-likeness (QED) is 0.362. The van der Waals surface area contributed by atoms with E-state index in [0.29, 0.717) is 16.4 Å². The second kappa shape index (κ2) is 6.67. The number of aromatic nitrogens is 8. The lowest BCUT2D eigenvalue weighted by Crippen LogP contribution is -1.85. The van der Waals surface area contributed by atoms with E-state index in [9.17, 15) is 4.79 Å². The minimum atomic E-state index is 0.0381. The Morgan fingerprint density at radius 1 is 1.06 bits per heavy atom. The third-order valence-electron chi connectivity index (χ3n) is 5.05. The number of ketones is 1. The summed E-state index contributed by atoms with van der Waals surface area (Å²) >= 11 is 1.41. The van der Waals surface area contributed by atoms with E-state index in [4.69, 9.17) is 4.98 Å². The number of hydrogen-bond acceptors (Lipinski definition) is 7. The zero-order valence-corrected chi connectivity index (χ0v) is 17.0. The second-order valence-electron chi connectivity index (χ2n) is 7.04. The zero-order chi connectivity index (χ0) is 20.9. The normalized spacial score (nSPS) is 11.5. The molecule has 6 rings (SSSR count). The molecule has 0 bridgehead atoms. The molecule has 6 aromatic heterocycles. The summed E-state index contributed by atoms with van der Waals surface area (Å²) in [5.74, 6) is 0.666. The van der Waals surface area contributed by atoms with E-state index in [0.717, 1.165) is 43.8 Å². The highest BCUT2D eigenvalue weighted by atomic mass is 32.1. The largest absolute Gasteiger partial charge is 0.336 e. The lowest BCUT2D eigenvalue weighted by atomic mass is 10.1. The molecule has 0 spiro atoms. The molecule has 0 aromatic carbocycles. The zero-order valence-electron chi connectivity index (χ0n) is 16.2. The smallest absolute Gasteiger partial charge is 0.169 e. The minimum Gasteiger partial charge on any atom is -0.336 e. The van der Waals surface area contributed by atoms with Crippen LogP contribution in [0.3, 0.4) is 0 Å². The van der Waals surface area contributed by atoms with E-state index in [2.05, 4.69) is 35.3 Å². The van der Waals surface area contributed by atoms with Gasteiger partial charge in [0.1, 0.15) is 16.9 Å². The van der Waals surface area contributed by atoms with E-state index in [1.807, 2.05) is 24.3 Å². The number of Topliss-reactive ketones (excluding diaryl/α,β-unsaturated/α-hetero) is 1. The molecule has 10 heteroatoms. The number of hydrogen-bond donors (Lipinski definition) is 3. The van der Waals surface area contributed by atoms with Gasteiger partial charge in [0.15, 0.2) is 11.6 Å². The molecule has 0 radical (unpaired) electrons. The molecule has 6 heterocycles. The number of rotatable bonds is 4. The standard InChI is InChI=1S/C21H14N8OS/c1-10(30)16-2-3-17(31-16)20-19-13(4-5-22-20)26-21(27-19)18-12-6-14(11-7-24-25-8-11)23-9-15(12)28-29-18/h2-9H,1H3,(H,24,25)(H,26,27)(H,28,29). The van der Waals surface area contributed by atoms with Gasteiger partial charge >= 0.3 is 0 Å². The number of nitrogens with zero attached hydrogens (tertiary/aromatic N) is 5. The predicted octanol–water partition coefficient (Wildman–Crippen LogP) is 4.22. The summed E-state index contributed by atoms with van der Waals surface area (Å²) in [7, 11) is 0. The van der Waals surface area contributed by atoms with Gasteiger partial charge in [-0.2, -0.15) is 10.2 Å². The van der Waals surface area contributed by atoms with Gasteiger partial charge in [-0.25, -0.2) is 4.98 Å². The van der Waals surface area contributed by atoms with Gasteiger partial charge in [0.25, 0.3) is 0 Å². The van der Waals surface area contributed by atoms with Crippen molar-refractivity contribution in [2.24, 2.45) is 0 Å². The summed E-state index contributed by atoms with van der Waals surface area (Å²) in [5.41, 5.74) is 5.50. The topological polar surface area (TPSA) is 129 Å². The maximum Gasteiger partial charge on any atom is 0.169 e. The molecule has 150 valence electrons. The van der Waals surface area contributed by atoms with Crippen molar-refractivity contribution in [2.75, 3.05) is 0 Å². The first-order valence-corrected chi connectivity index (χ1v) is 10.3. The Morgan fingerprint density at radius 3 is 2.81 bits per heavy atom. The van der Waals surface area contributed by atoms with Gasteiger partial charge in [0, 0.05) is 23.3 Å². The lowest BCUT2D eigenvalue weighted by molar-refractivity contribution is 0.102. The van der Waals surface area contributed by atoms with Crippen molar-refractivity contribution >= 4 is 39.1 Å². The number of thiophene rings is 1. The Hall–Kier alpha value is -4.18. The van der Waals surface area contributed by atoms with Gasteiger partial charge in [-0.15, -0.1) is 11.3 Å². The summed E-state index contributed by atoms with van der Waals surface area (Å²) in [5, 5.41) is 15.2. The monoisotopic (exact) mass is 426 g/mol. The predicted molar refractivity (Wildman–Crippen MR) is 118 cm³/mol. The Labute approximate surface area is 178 Å². The molecule has 9 nitrogen and oxygen atoms in total. The highest BCUT2D eigenvalue weighted by Crippen LogP contribution is 2.34. The summed E-state index contributed by atoms with van der Waals surface area (Å²) in [6, 6.07) is 7.57. The van der Waals surface area contributed by atoms with Crippen LogP contribution in [0, 0.1) is 0 Å². The summed E-state index contributed by atoms with van der Waals surface area (Å²) in [6.45, 7) is 1.56. The van der Waals surface area contributed by atoms with Crippen LogP contribution in [-0.2, 0) is 0 Å². The number of H-pyrrole nitrogens is 3. The number of imidazole rings is 1. The van der Waals surface area contributed by atoms with E-state index < -0.39 is 0 Å². The van der Waals surface area contributed by atoms with Gasteiger partial charge in [-0.1, -0.05) is 0 Å². The summed E-state index contributed by atoms with van der Waals surface area (Å²) < 4.78 is 0. The van der Waals surface area contributed by atoms with Crippen LogP contribution in [0.15, 0.2) is 49.1 Å². The lowest BCUT2D eigenvalue weighted by Gasteiger charge is -1.97. The molecule has 0 saturated heterocycles. The van der Waals surface area contributed by atoms with Crippen molar-refractivity contribution < 1.29 is 4.79 Å². The van der Waals surface area contributed by atoms with Crippen LogP contribution in [0.2, 0.25) is 0 Å². The molecule has 3 N–H and O–H groups in total. The molecule has 0 saturated carbocycles. The summed E-state index contributed by atoms with van der Waals surface area (Å²) in [4.78, 5) is 30.4. The van der Waals surface area contributed by atoms with Crippen LogP contribution >= 0.6 is 11.3 Å². The maximum atomic E-state index is 11.7. The van der Waals surface area contributed by atoms with Gasteiger partial charge in [0.05, 0.1) is 38.9 Å². The van der Waals surface area contributed by atoms with Crippen molar-refractivity contribution in [3.63, 3.8) is 0 Å². The molecular weight excluding hydrogens is 412 g/mol. The molecular formula is C21H14N8OS. The van der Waals surface area contributed by atoms with Gasteiger partial charge < -0.3 is 4.98 Å². The van der Waals surface area contributed by atoms with Crippen LogP contribution < -0.4 is 0 Å². The van der Waals surface area contributed by atoms with Gasteiger partial charge in [-0.05, 0) is 31.2 Å². The fraction of sp³-hybridized carbons (Fsp3) is 0.0476. The third kappa shape index (κ3) is 2.84. The number of pyridine rings is 2. The number of carbonyl (C=O) groups excluding carboxylic acids is 1. The summed E-state index contributed by atoms with van der Waals surface area (Å²) in [6.07, 6.45) is 7.00. The molecule has 0 atom stereocenters. The molecule has 0 aliphatic carbocycles. The Kier molecular flexibility index (Phi) is 3.80. The van der Waals surface area contributed by atoms with Crippen molar-refractivity contribution in [1.29, 1.82) is 0 Å². The SMILES string of the molecule is CC(=O)c1ccc(-c2nccc3[nH]c(-c4n[nH]c5cnc(-c6cn[nH]c6)cc45)nc23)s1. The van der Waals surface area contributed by atoms with E-state index >= 15 is 0 Å². The number of fused-ring (bicyclic) bond motifs is 2. The van der Waals surface area contributed by atoms with Crippen molar-refractivity contribution in [3.8, 4) is 33.3 Å². The first-order valence-electron chi connectivity index (χ1n) is 9.47. The molecule has 0 amide bonds. The number of aromatic amines is 3. The fourth-order valence-corrected chi connectivity index (χ4v) is 4.43. The first-order chi connectivity index (χ1) is 15.2. The highest BCUT2D eigenvalue weighted by Gasteiger charge is 2.18. The molecule has 0 aliphatic rings. The first kappa shape index (κ1) is 17.7. The van der Waals surface area contributed by atoms with E-state index in [1.54, 1.807) is 31.7 Å². The van der Waals surface area contributed by atoms with E-state index in [-0.39, 0.29) is 5.78 Å². The van der Waals surface area contributed by atoms with Crippen LogP contribution in [0.25, 0.3) is 55.3 Å². The Morgan fingerprint density at radius 2 is 2.00 bits per heavy atom. The fourth-order valence-electron chi connectivity index (χ4n) is 3.53. The third-order valence-corrected chi connectivity index (χ3v) is 6.25. The second-order valence-corrected chi connectivity index (χ2v) is 8.12. The number of carbonyl (C=O) groups is 1. The Bertz CT molecular complexity index is 1570. The van der Waals surface area contributed by atoms with Crippen LogP contribution in [0.5, 0.6) is 0 Å². The highest BCUT2D eigenvalue weighted by molar-refractivity contribution is 7.17. The van der Waals surface area contributed by atoms with Gasteiger partial charge in [0.2, 0.25) is 0 Å². The molecule has 0 fully saturated rings. The average molecular weight is 426 g/mol. The van der Waals surface area contributed by atoms with E-state index in [1.165, 1.54) is 11.3 Å². The molecule has 0 unspecified atom stereocenters. The van der Waals surface area contributed by atoms with Crippen molar-refractivity contribution in [3.05, 3.63) is 53.9 Å². The van der Waals surface area contributed by atoms with Crippen LogP contribution in [0.4, 0.5) is 0 Å². The molecule has 0 aliphatic heterocycles. The Balaban J connectivity index is 1.50. The van der Waals surface area contributed by atoms with Crippen LogP contribution in [-0.4, -0.2) is 46.1 Å². The number of nitrogens with one attached hydrogen (secondary N) is 3.